The van der Waals surface area contributed by atoms with Gasteiger partial charge in [-0.1, -0.05) is 0 Å². The van der Waals surface area contributed by atoms with Gasteiger partial charge in [0.1, 0.15) is 6.99 Å². The Labute approximate surface area is 107 Å². The topological polar surface area (TPSA) is 61.8 Å². The van der Waals surface area contributed by atoms with Gasteiger partial charge in [-0.25, -0.2) is 18.1 Å². The lowest BCUT2D eigenvalue weighted by Gasteiger charge is -1.89. The van der Waals surface area contributed by atoms with Crippen molar-refractivity contribution in [1.29, 1.82) is 0 Å². The summed E-state index contributed by atoms with van der Waals surface area (Å²) in [5.74, 6) is 0. The van der Waals surface area contributed by atoms with E-state index < -0.39 is 0 Å². The summed E-state index contributed by atoms with van der Waals surface area (Å²) in [5, 5.41) is 0. The van der Waals surface area contributed by atoms with Crippen molar-refractivity contribution < 1.29 is 0 Å². The molecule has 0 aliphatic carbocycles. The quantitative estimate of drug-likeness (QED) is 0.421. The summed E-state index contributed by atoms with van der Waals surface area (Å²) in [6, 6.07) is 0. The molecule has 15 heavy (non-hydrogen) atoms. The fourth-order valence-electron chi connectivity index (χ4n) is 0.286. The Bertz CT molecular complexity index is 264. The van der Waals surface area contributed by atoms with E-state index in [-0.39, 0.29) is 6.99 Å². The van der Waals surface area contributed by atoms with E-state index in [2.05, 4.69) is 50.7 Å². The lowest BCUT2D eigenvalue weighted by molar-refractivity contribution is 1.97. The molecule has 0 spiro atoms. The summed E-state index contributed by atoms with van der Waals surface area (Å²) < 4.78 is 20.3. The Morgan fingerprint density at radius 3 is 2.13 bits per heavy atom. The Morgan fingerprint density at radius 2 is 1.60 bits per heavy atom. The normalized spacial score (nSPS) is 16.5. The van der Waals surface area contributed by atoms with Gasteiger partial charge in [-0.2, -0.15) is 4.52 Å². The molecule has 5 nitrogen and oxygen atoms in total. The Morgan fingerprint density at radius 1 is 0.933 bits per heavy atom. The van der Waals surface area contributed by atoms with Crippen molar-refractivity contribution >= 4 is 84.3 Å². The third-order valence-electron chi connectivity index (χ3n) is 0.615. The van der Waals surface area contributed by atoms with E-state index in [4.69, 9.17) is 0 Å². The summed E-state index contributed by atoms with van der Waals surface area (Å²) in [4.78, 5) is 0. The first-order chi connectivity index (χ1) is 7.35. The van der Waals surface area contributed by atoms with Gasteiger partial charge in [-0.15, -0.1) is 0 Å². The molecule has 0 N–H and O–H groups in total. The molecule has 0 aromatic heterocycles. The number of nitrogens with zero attached hydrogens (tertiary/aromatic N) is 5. The van der Waals surface area contributed by atoms with E-state index in [1.54, 1.807) is 0 Å². The van der Waals surface area contributed by atoms with Crippen LogP contribution in [0.1, 0.15) is 0 Å². The minimum atomic E-state index is -0.304. The highest BCUT2D eigenvalue weighted by atomic mass is 32.7. The second kappa shape index (κ2) is 14.7. The maximum Gasteiger partial charge on any atom is 0.157 e. The van der Waals surface area contributed by atoms with Crippen LogP contribution in [-0.4, -0.2) is 0 Å². The minimum absolute atomic E-state index is 0.304. The molecule has 0 bridgehead atoms. The van der Waals surface area contributed by atoms with Crippen LogP contribution >= 0.6 is 84.3 Å². The average molecular weight is 387 g/mol. The van der Waals surface area contributed by atoms with Crippen molar-refractivity contribution in [2.75, 3.05) is 0 Å². The first kappa shape index (κ1) is 17.6. The number of hydrogen-bond acceptors (Lipinski definition) is 4. The SMILES string of the molecule is P/N=P/P/N=P/N=P/P(/P=N/P)/P=N/P. The molecule has 0 aliphatic rings. The summed E-state index contributed by atoms with van der Waals surface area (Å²) >= 11 is 0. The summed E-state index contributed by atoms with van der Waals surface area (Å²) in [6.45, 7) is -0.304. The summed E-state index contributed by atoms with van der Waals surface area (Å²) in [6.07, 6.45) is 0. The van der Waals surface area contributed by atoms with Gasteiger partial charge in [-0.3, -0.25) is 0 Å². The predicted octanol–water partition coefficient (Wildman–Crippen LogP) is 7.66. The van der Waals surface area contributed by atoms with Crippen LogP contribution in [0.3, 0.4) is 0 Å². The zero-order chi connectivity index (χ0) is 11.4. The fourth-order valence-corrected chi connectivity index (χ4v) is 14.6. The average Bonchev–Trinajstić information content (AvgIpc) is 2.24. The maximum absolute atomic E-state index is 4.29. The number of rotatable bonds is 6. The molecule has 0 rings (SSSR count). The van der Waals surface area contributed by atoms with E-state index in [1.807, 2.05) is 0 Å². The van der Waals surface area contributed by atoms with Crippen molar-refractivity contribution in [1.82, 2.24) is 0 Å². The first-order valence-electron chi connectivity index (χ1n) is 3.02. The first-order valence-corrected chi connectivity index (χ1v) is 14.0. The van der Waals surface area contributed by atoms with Gasteiger partial charge in [0, 0.05) is 0 Å². The molecule has 0 saturated heterocycles. The molecular weight excluding hydrogens is 380 g/mol. The van der Waals surface area contributed by atoms with Crippen molar-refractivity contribution in [3.8, 4) is 0 Å². The zero-order valence-electron chi connectivity index (χ0n) is 7.15. The Kier molecular flexibility index (Phi) is 17.3. The van der Waals surface area contributed by atoms with Crippen LogP contribution in [0, 0.1) is 0 Å². The minimum Gasteiger partial charge on any atom is -0.246 e. The molecule has 0 aliphatic heterocycles. The molecule has 0 heterocycles. The van der Waals surface area contributed by atoms with Crippen LogP contribution < -0.4 is 0 Å². The number of hydrogen-bond donors (Lipinski definition) is 0. The van der Waals surface area contributed by atoms with Crippen LogP contribution in [0.4, 0.5) is 0 Å². The van der Waals surface area contributed by atoms with E-state index in [1.165, 1.54) is 0 Å². The van der Waals surface area contributed by atoms with Crippen LogP contribution in [0.25, 0.3) is 0 Å². The maximum atomic E-state index is 4.29. The summed E-state index contributed by atoms with van der Waals surface area (Å²) in [7, 11) is 12.5. The Hall–Kier alpha value is 2.65. The van der Waals surface area contributed by atoms with Gasteiger partial charge >= 0.3 is 0 Å². The molecular formula is H7N5P10. The molecule has 0 saturated carbocycles. The molecule has 0 amide bonds. The largest absolute Gasteiger partial charge is 0.246 e. The third kappa shape index (κ3) is 12.9. The smallest absolute Gasteiger partial charge is 0.157 e. The second-order valence-corrected chi connectivity index (χ2v) is 16.6. The fraction of sp³-hybridized carbons (Fsp3) is 0. The van der Waals surface area contributed by atoms with E-state index >= 15 is 0 Å². The van der Waals surface area contributed by atoms with E-state index in [0.29, 0.717) is 8.42 Å². The highest BCUT2D eigenvalue weighted by Crippen LogP contribution is 2.73. The highest BCUT2D eigenvalue weighted by Gasteiger charge is 1.98. The predicted molar refractivity (Wildman–Crippen MR) is 91.1 cm³/mol. The zero-order valence-corrected chi connectivity index (χ0v) is 17.0. The molecule has 82 valence electrons. The van der Waals surface area contributed by atoms with E-state index in [9.17, 15) is 0 Å². The van der Waals surface area contributed by atoms with Gasteiger partial charge in [-0.05, 0) is 28.2 Å². The van der Waals surface area contributed by atoms with Gasteiger partial charge in [0.2, 0.25) is 0 Å². The standard InChI is InChI=1S/H7N5P10/c6-1-10-11-4-9-5-14-15(12-2-7)13-3-8/h11H,6-8H2. The van der Waals surface area contributed by atoms with Crippen LogP contribution in [0.2, 0.25) is 0 Å². The van der Waals surface area contributed by atoms with Gasteiger partial charge in [0.15, 0.2) is 8.52 Å². The third-order valence-corrected chi connectivity index (χ3v) is 14.3. The molecule has 0 aromatic carbocycles. The molecule has 0 radical (unpaired) electrons. The lowest BCUT2D eigenvalue weighted by Crippen LogP contribution is -1.21. The van der Waals surface area contributed by atoms with Gasteiger partial charge in [0.25, 0.3) is 0 Å². The Balaban J connectivity index is 4.04. The van der Waals surface area contributed by atoms with Gasteiger partial charge in [0.05, 0.1) is 40.7 Å². The highest BCUT2D eigenvalue weighted by molar-refractivity contribution is 8.70. The molecule has 0 fully saturated rings. The van der Waals surface area contributed by atoms with Crippen LogP contribution in [0.15, 0.2) is 22.6 Å². The van der Waals surface area contributed by atoms with Gasteiger partial charge < -0.3 is 0 Å². The van der Waals surface area contributed by atoms with Crippen molar-refractivity contribution in [2.45, 2.75) is 0 Å². The molecule has 15 heteroatoms. The monoisotopic (exact) mass is 387 g/mol. The second-order valence-electron chi connectivity index (χ2n) is 1.36. The van der Waals surface area contributed by atoms with Crippen molar-refractivity contribution in [3.05, 3.63) is 0 Å². The van der Waals surface area contributed by atoms with Crippen LogP contribution in [0.5, 0.6) is 0 Å². The van der Waals surface area contributed by atoms with Crippen molar-refractivity contribution in [3.63, 3.8) is 0 Å². The van der Waals surface area contributed by atoms with Crippen LogP contribution in [-0.2, 0) is 0 Å². The summed E-state index contributed by atoms with van der Waals surface area (Å²) in [5.41, 5.74) is 0. The lowest BCUT2D eigenvalue weighted by atomic mass is 13.9. The van der Waals surface area contributed by atoms with Crippen molar-refractivity contribution in [2.24, 2.45) is 22.6 Å². The molecule has 4 unspecified atom stereocenters. The van der Waals surface area contributed by atoms with E-state index in [0.717, 1.165) is 40.8 Å². The molecule has 0 aromatic rings. The molecule has 4 atom stereocenters.